The number of hydrogen-bond acceptors (Lipinski definition) is 4. The van der Waals surface area contributed by atoms with E-state index in [0.717, 1.165) is 17.8 Å². The van der Waals surface area contributed by atoms with Crippen molar-refractivity contribution in [2.75, 3.05) is 17.6 Å². The highest BCUT2D eigenvalue weighted by Gasteiger charge is 2.63. The molecular weight excluding hydrogens is 291 g/mol. The van der Waals surface area contributed by atoms with Gasteiger partial charge in [0.05, 0.1) is 10.7 Å². The summed E-state index contributed by atoms with van der Waals surface area (Å²) in [7, 11) is 0. The maximum Gasteiger partial charge on any atom is 0.411 e. The molecule has 1 fully saturated rings. The lowest BCUT2D eigenvalue weighted by molar-refractivity contribution is -0.151. The third kappa shape index (κ3) is 2.84. The first-order chi connectivity index (χ1) is 9.29. The molecular formula is C12H16F3N3OS. The van der Waals surface area contributed by atoms with Crippen molar-refractivity contribution in [3.8, 4) is 0 Å². The highest BCUT2D eigenvalue weighted by Crippen LogP contribution is 2.52. The number of halogens is 3. The van der Waals surface area contributed by atoms with E-state index in [0.29, 0.717) is 6.54 Å². The third-order valence-corrected chi connectivity index (χ3v) is 4.22. The number of alkyl halides is 3. The molecule has 4 nitrogen and oxygen atoms in total. The number of nitrogens with one attached hydrogen (secondary N) is 2. The fourth-order valence-corrected chi connectivity index (χ4v) is 2.80. The van der Waals surface area contributed by atoms with Crippen LogP contribution in [0.1, 0.15) is 35.9 Å². The van der Waals surface area contributed by atoms with Gasteiger partial charge in [0, 0.05) is 6.54 Å². The average molecular weight is 307 g/mol. The van der Waals surface area contributed by atoms with Gasteiger partial charge in [0.1, 0.15) is 10.4 Å². The number of carbonyl (C=O) groups is 1. The Morgan fingerprint density at radius 3 is 2.65 bits per heavy atom. The van der Waals surface area contributed by atoms with Crippen molar-refractivity contribution < 1.29 is 18.0 Å². The lowest BCUT2D eigenvalue weighted by Gasteiger charge is -2.20. The first-order valence-electron chi connectivity index (χ1n) is 6.31. The zero-order chi connectivity index (χ0) is 15.0. The minimum atomic E-state index is -4.30. The molecule has 2 rings (SSSR count). The van der Waals surface area contributed by atoms with E-state index in [1.807, 2.05) is 6.92 Å². The molecule has 1 aromatic rings. The van der Waals surface area contributed by atoms with E-state index >= 15 is 0 Å². The van der Waals surface area contributed by atoms with Crippen molar-refractivity contribution in [1.29, 1.82) is 0 Å². The van der Waals surface area contributed by atoms with Crippen LogP contribution in [0.3, 0.4) is 0 Å². The summed E-state index contributed by atoms with van der Waals surface area (Å²) in [6.45, 7) is 2.41. The molecule has 0 unspecified atom stereocenters. The summed E-state index contributed by atoms with van der Waals surface area (Å²) in [5, 5.41) is 5.40. The third-order valence-electron chi connectivity index (χ3n) is 3.16. The van der Waals surface area contributed by atoms with Crippen LogP contribution in [0.5, 0.6) is 0 Å². The van der Waals surface area contributed by atoms with Crippen LogP contribution in [0.4, 0.5) is 23.9 Å². The molecule has 0 atom stereocenters. The predicted octanol–water partition coefficient (Wildman–Crippen LogP) is 2.98. The summed E-state index contributed by atoms with van der Waals surface area (Å²) in [5.74, 6) is -0.348. The Bertz CT molecular complexity index is 509. The molecule has 0 saturated heterocycles. The summed E-state index contributed by atoms with van der Waals surface area (Å²) >= 11 is 0.953. The Kier molecular flexibility index (Phi) is 3.86. The second-order valence-electron chi connectivity index (χ2n) is 4.86. The Labute approximate surface area is 118 Å². The molecule has 20 heavy (non-hydrogen) atoms. The van der Waals surface area contributed by atoms with Gasteiger partial charge in [-0.25, -0.2) is 0 Å². The molecule has 0 aromatic carbocycles. The van der Waals surface area contributed by atoms with Gasteiger partial charge in [0.25, 0.3) is 5.91 Å². The number of thiophene rings is 1. The van der Waals surface area contributed by atoms with Gasteiger partial charge in [-0.3, -0.25) is 4.79 Å². The van der Waals surface area contributed by atoms with Gasteiger partial charge < -0.3 is 16.4 Å². The average Bonchev–Trinajstić information content (AvgIpc) is 3.04. The van der Waals surface area contributed by atoms with Gasteiger partial charge in [0.15, 0.2) is 0 Å². The molecule has 0 radical (unpaired) electrons. The molecule has 1 aromatic heterocycles. The van der Waals surface area contributed by atoms with Crippen LogP contribution in [0.25, 0.3) is 0 Å². The number of nitrogens with two attached hydrogens (primary N) is 1. The smallest absolute Gasteiger partial charge is 0.397 e. The molecule has 4 N–H and O–H groups in total. The molecule has 8 heteroatoms. The van der Waals surface area contributed by atoms with E-state index < -0.39 is 11.7 Å². The van der Waals surface area contributed by atoms with Gasteiger partial charge in [-0.15, -0.1) is 11.3 Å². The van der Waals surface area contributed by atoms with E-state index in [2.05, 4.69) is 10.6 Å². The Morgan fingerprint density at radius 1 is 1.50 bits per heavy atom. The first kappa shape index (κ1) is 15.0. The highest BCUT2D eigenvalue weighted by molar-refractivity contribution is 7.18. The van der Waals surface area contributed by atoms with Gasteiger partial charge in [-0.05, 0) is 25.3 Å². The number of nitrogen functional groups attached to an aromatic ring is 1. The summed E-state index contributed by atoms with van der Waals surface area (Å²) < 4.78 is 38.5. The first-order valence-corrected chi connectivity index (χ1v) is 7.13. The lowest BCUT2D eigenvalue weighted by Crippen LogP contribution is -2.38. The van der Waals surface area contributed by atoms with Crippen LogP contribution in [-0.2, 0) is 0 Å². The Hall–Kier alpha value is -1.44. The number of carbonyl (C=O) groups excluding carboxylic acids is 1. The molecule has 1 aliphatic carbocycles. The van der Waals surface area contributed by atoms with Crippen LogP contribution in [0.2, 0.25) is 0 Å². The van der Waals surface area contributed by atoms with Crippen LogP contribution in [0, 0.1) is 0 Å². The maximum atomic E-state index is 12.8. The highest BCUT2D eigenvalue weighted by atomic mass is 32.1. The number of amides is 1. The second kappa shape index (κ2) is 5.16. The minimum Gasteiger partial charge on any atom is -0.397 e. The zero-order valence-electron chi connectivity index (χ0n) is 10.9. The van der Waals surface area contributed by atoms with Gasteiger partial charge in [-0.1, -0.05) is 6.92 Å². The minimum absolute atomic E-state index is 0.0473. The number of anilines is 2. The van der Waals surface area contributed by atoms with Crippen molar-refractivity contribution >= 4 is 27.9 Å². The van der Waals surface area contributed by atoms with Crippen molar-refractivity contribution in [3.05, 3.63) is 10.9 Å². The molecule has 1 amide bonds. The number of rotatable bonds is 5. The SMILES string of the molecule is CCCNC(=O)c1sc(NC2(C(F)(F)F)CC2)cc1N. The number of hydrogen-bond donors (Lipinski definition) is 3. The summed E-state index contributed by atoms with van der Waals surface area (Å²) in [6.07, 6.45) is -3.42. The van der Waals surface area contributed by atoms with Crippen LogP contribution >= 0.6 is 11.3 Å². The van der Waals surface area contributed by atoms with Gasteiger partial charge in [-0.2, -0.15) is 13.2 Å². The quantitative estimate of drug-likeness (QED) is 0.783. The molecule has 112 valence electrons. The standard InChI is InChI=1S/C12H16F3N3OS/c1-2-5-17-10(19)9-7(16)6-8(20-9)18-11(3-4-11)12(13,14)15/h6,18H,2-5,16H2,1H3,(H,17,19). The van der Waals surface area contributed by atoms with Crippen molar-refractivity contribution in [2.45, 2.75) is 37.9 Å². The van der Waals surface area contributed by atoms with Crippen molar-refractivity contribution in [2.24, 2.45) is 0 Å². The fraction of sp³-hybridized carbons (Fsp3) is 0.583. The van der Waals surface area contributed by atoms with E-state index in [1.165, 1.54) is 6.07 Å². The summed E-state index contributed by atoms with van der Waals surface area (Å²) in [5.41, 5.74) is 4.04. The van der Waals surface area contributed by atoms with Gasteiger partial charge >= 0.3 is 6.18 Å². The Morgan fingerprint density at radius 2 is 2.15 bits per heavy atom. The van der Waals surface area contributed by atoms with E-state index in [4.69, 9.17) is 5.73 Å². The molecule has 1 saturated carbocycles. The topological polar surface area (TPSA) is 67.2 Å². The molecule has 1 aliphatic rings. The molecule has 1 heterocycles. The monoisotopic (exact) mass is 307 g/mol. The molecule has 0 aliphatic heterocycles. The van der Waals surface area contributed by atoms with Crippen LogP contribution in [-0.4, -0.2) is 24.2 Å². The van der Waals surface area contributed by atoms with Crippen LogP contribution < -0.4 is 16.4 Å². The maximum absolute atomic E-state index is 12.8. The summed E-state index contributed by atoms with van der Waals surface area (Å²) in [4.78, 5) is 12.0. The fourth-order valence-electron chi connectivity index (χ4n) is 1.80. The van der Waals surface area contributed by atoms with Crippen molar-refractivity contribution in [3.63, 3.8) is 0 Å². The second-order valence-corrected chi connectivity index (χ2v) is 5.91. The van der Waals surface area contributed by atoms with E-state index in [1.54, 1.807) is 0 Å². The Balaban J connectivity index is 2.10. The normalized spacial score (nSPS) is 16.8. The zero-order valence-corrected chi connectivity index (χ0v) is 11.8. The van der Waals surface area contributed by atoms with E-state index in [-0.39, 0.29) is 34.3 Å². The van der Waals surface area contributed by atoms with Gasteiger partial charge in [0.2, 0.25) is 0 Å². The summed E-state index contributed by atoms with van der Waals surface area (Å²) in [6, 6.07) is 1.39. The molecule has 0 spiro atoms. The molecule has 0 bridgehead atoms. The van der Waals surface area contributed by atoms with E-state index in [9.17, 15) is 18.0 Å². The lowest BCUT2D eigenvalue weighted by atomic mass is 10.2. The van der Waals surface area contributed by atoms with Crippen LogP contribution in [0.15, 0.2) is 6.07 Å². The predicted molar refractivity (Wildman–Crippen MR) is 73.0 cm³/mol. The largest absolute Gasteiger partial charge is 0.411 e. The van der Waals surface area contributed by atoms with Crippen molar-refractivity contribution in [1.82, 2.24) is 5.32 Å².